The molecule has 0 aromatic heterocycles. The molecule has 0 radical (unpaired) electrons. The highest BCUT2D eigenvalue weighted by atomic mass is 19.1. The van der Waals surface area contributed by atoms with E-state index in [0.717, 1.165) is 30.6 Å². The van der Waals surface area contributed by atoms with E-state index in [9.17, 15) is 9.18 Å². The number of likely N-dealkylation sites (tertiary alicyclic amines) is 1. The predicted molar refractivity (Wildman–Crippen MR) is 107 cm³/mol. The molecule has 5 heteroatoms. The number of fused-ring (bicyclic) bond motifs is 1. The van der Waals surface area contributed by atoms with Crippen molar-refractivity contribution in [2.24, 2.45) is 5.41 Å². The lowest BCUT2D eigenvalue weighted by molar-refractivity contribution is 0.173. The molecule has 146 valence electrons. The van der Waals surface area contributed by atoms with Crippen LogP contribution in [0.15, 0.2) is 48.5 Å². The van der Waals surface area contributed by atoms with E-state index < -0.39 is 0 Å². The van der Waals surface area contributed by atoms with Crippen molar-refractivity contribution in [2.75, 3.05) is 26.7 Å². The molecule has 1 N–H and O–H groups in total. The molecule has 3 aliphatic rings. The molecule has 2 amide bonds. The van der Waals surface area contributed by atoms with Crippen LogP contribution in [0.3, 0.4) is 0 Å². The highest BCUT2D eigenvalue weighted by molar-refractivity contribution is 5.76. The lowest BCUT2D eigenvalue weighted by Crippen LogP contribution is -2.51. The van der Waals surface area contributed by atoms with Gasteiger partial charge in [0.15, 0.2) is 0 Å². The molecule has 28 heavy (non-hydrogen) atoms. The topological polar surface area (TPSA) is 35.6 Å². The SMILES string of the molecule is CN1C[C@@H](NC(=O)N2CCc3ccccc3[C@@H]2c2ccc(F)cc2)C2(CC2)C1. The maximum absolute atomic E-state index is 13.5. The quantitative estimate of drug-likeness (QED) is 0.866. The summed E-state index contributed by atoms with van der Waals surface area (Å²) in [4.78, 5) is 17.6. The summed E-state index contributed by atoms with van der Waals surface area (Å²) in [6.45, 7) is 2.65. The molecule has 4 nitrogen and oxygen atoms in total. The highest BCUT2D eigenvalue weighted by Gasteiger charge is 2.55. The summed E-state index contributed by atoms with van der Waals surface area (Å²) >= 11 is 0. The number of carbonyl (C=O) groups is 1. The minimum Gasteiger partial charge on any atom is -0.333 e. The summed E-state index contributed by atoms with van der Waals surface area (Å²) in [6, 6.07) is 14.9. The Balaban J connectivity index is 1.45. The Morgan fingerprint density at radius 3 is 2.64 bits per heavy atom. The van der Waals surface area contributed by atoms with Crippen molar-refractivity contribution in [1.29, 1.82) is 0 Å². The third-order valence-electron chi connectivity index (χ3n) is 6.74. The van der Waals surface area contributed by atoms with E-state index in [1.165, 1.54) is 30.5 Å². The molecule has 2 fully saturated rings. The van der Waals surface area contributed by atoms with Crippen molar-refractivity contribution in [3.8, 4) is 0 Å². The number of carbonyl (C=O) groups excluding carboxylic acids is 1. The predicted octanol–water partition coefficient (Wildman–Crippen LogP) is 3.58. The number of hydrogen-bond acceptors (Lipinski definition) is 2. The molecule has 2 aromatic rings. The van der Waals surface area contributed by atoms with E-state index in [1.807, 2.05) is 17.0 Å². The van der Waals surface area contributed by atoms with Gasteiger partial charge in [0, 0.05) is 25.0 Å². The summed E-state index contributed by atoms with van der Waals surface area (Å²) in [7, 11) is 2.13. The van der Waals surface area contributed by atoms with E-state index in [4.69, 9.17) is 0 Å². The molecule has 1 spiro atoms. The molecule has 2 aliphatic heterocycles. The second kappa shape index (κ2) is 6.59. The Morgan fingerprint density at radius 1 is 1.14 bits per heavy atom. The average Bonchev–Trinajstić information content (AvgIpc) is 3.40. The lowest BCUT2D eigenvalue weighted by atomic mass is 9.88. The van der Waals surface area contributed by atoms with Gasteiger partial charge in [-0.2, -0.15) is 0 Å². The first-order chi connectivity index (χ1) is 13.6. The molecular formula is C23H26FN3O. The third-order valence-corrected chi connectivity index (χ3v) is 6.74. The van der Waals surface area contributed by atoms with Crippen molar-refractivity contribution in [2.45, 2.75) is 31.3 Å². The zero-order valence-corrected chi connectivity index (χ0v) is 16.2. The van der Waals surface area contributed by atoms with Crippen molar-refractivity contribution in [1.82, 2.24) is 15.1 Å². The minimum atomic E-state index is -0.256. The zero-order valence-electron chi connectivity index (χ0n) is 16.2. The van der Waals surface area contributed by atoms with Gasteiger partial charge in [0.1, 0.15) is 5.82 Å². The Hall–Kier alpha value is -2.40. The van der Waals surface area contributed by atoms with Gasteiger partial charge < -0.3 is 15.1 Å². The van der Waals surface area contributed by atoms with Gasteiger partial charge in [-0.1, -0.05) is 36.4 Å². The van der Waals surface area contributed by atoms with Crippen LogP contribution in [0.2, 0.25) is 0 Å². The van der Waals surface area contributed by atoms with Gasteiger partial charge >= 0.3 is 6.03 Å². The van der Waals surface area contributed by atoms with E-state index >= 15 is 0 Å². The van der Waals surface area contributed by atoms with Crippen molar-refractivity contribution in [3.05, 3.63) is 71.0 Å². The molecular weight excluding hydrogens is 353 g/mol. The summed E-state index contributed by atoms with van der Waals surface area (Å²) in [5, 5.41) is 3.34. The van der Waals surface area contributed by atoms with Gasteiger partial charge in [-0.05, 0) is 55.1 Å². The van der Waals surface area contributed by atoms with Crippen LogP contribution in [0.1, 0.15) is 35.6 Å². The van der Waals surface area contributed by atoms with Crippen LogP contribution >= 0.6 is 0 Å². The number of rotatable bonds is 2. The van der Waals surface area contributed by atoms with Crippen LogP contribution < -0.4 is 5.32 Å². The first-order valence-electron chi connectivity index (χ1n) is 10.1. The second-order valence-corrected chi connectivity index (χ2v) is 8.66. The van der Waals surface area contributed by atoms with E-state index in [1.54, 1.807) is 12.1 Å². The third kappa shape index (κ3) is 2.98. The lowest BCUT2D eigenvalue weighted by Gasteiger charge is -2.38. The molecule has 1 aliphatic carbocycles. The molecule has 5 rings (SSSR count). The largest absolute Gasteiger partial charge is 0.333 e. The zero-order chi connectivity index (χ0) is 19.3. The van der Waals surface area contributed by atoms with Gasteiger partial charge in [-0.25, -0.2) is 9.18 Å². The van der Waals surface area contributed by atoms with Crippen LogP contribution in [0.25, 0.3) is 0 Å². The van der Waals surface area contributed by atoms with E-state index in [-0.39, 0.29) is 29.3 Å². The number of amides is 2. The molecule has 1 saturated carbocycles. The molecule has 1 saturated heterocycles. The summed E-state index contributed by atoms with van der Waals surface area (Å²) in [5.74, 6) is -0.256. The average molecular weight is 379 g/mol. The fourth-order valence-electron chi connectivity index (χ4n) is 5.11. The van der Waals surface area contributed by atoms with Gasteiger partial charge in [-0.3, -0.25) is 0 Å². The maximum Gasteiger partial charge on any atom is 0.318 e. The fraction of sp³-hybridized carbons (Fsp3) is 0.435. The monoisotopic (exact) mass is 379 g/mol. The normalized spacial score (nSPS) is 25.6. The number of urea groups is 1. The van der Waals surface area contributed by atoms with Crippen molar-refractivity contribution in [3.63, 3.8) is 0 Å². The molecule has 2 atom stereocenters. The highest BCUT2D eigenvalue weighted by Crippen LogP contribution is 2.52. The van der Waals surface area contributed by atoms with Crippen LogP contribution in [0, 0.1) is 11.2 Å². The first kappa shape index (κ1) is 17.7. The summed E-state index contributed by atoms with van der Waals surface area (Å²) in [6.07, 6.45) is 3.25. The summed E-state index contributed by atoms with van der Waals surface area (Å²) in [5.41, 5.74) is 3.64. The smallest absolute Gasteiger partial charge is 0.318 e. The van der Waals surface area contributed by atoms with Crippen LogP contribution in [-0.4, -0.2) is 48.6 Å². The number of nitrogens with zero attached hydrogens (tertiary/aromatic N) is 2. The fourth-order valence-corrected chi connectivity index (χ4v) is 5.11. The van der Waals surface area contributed by atoms with Gasteiger partial charge in [0.25, 0.3) is 0 Å². The number of hydrogen-bond donors (Lipinski definition) is 1. The van der Waals surface area contributed by atoms with Crippen molar-refractivity contribution < 1.29 is 9.18 Å². The van der Waals surface area contributed by atoms with Crippen LogP contribution in [-0.2, 0) is 6.42 Å². The van der Waals surface area contributed by atoms with Crippen LogP contribution in [0.5, 0.6) is 0 Å². The molecule has 0 bridgehead atoms. The van der Waals surface area contributed by atoms with E-state index in [0.29, 0.717) is 6.54 Å². The Morgan fingerprint density at radius 2 is 1.89 bits per heavy atom. The Labute approximate surface area is 165 Å². The van der Waals surface area contributed by atoms with Gasteiger partial charge in [-0.15, -0.1) is 0 Å². The number of nitrogens with one attached hydrogen (secondary N) is 1. The summed E-state index contributed by atoms with van der Waals surface area (Å²) < 4.78 is 13.5. The van der Waals surface area contributed by atoms with Gasteiger partial charge in [0.2, 0.25) is 0 Å². The Kier molecular flexibility index (Phi) is 4.16. The molecule has 2 aromatic carbocycles. The van der Waals surface area contributed by atoms with Gasteiger partial charge in [0.05, 0.1) is 12.1 Å². The number of halogens is 1. The molecule has 0 unspecified atom stereocenters. The van der Waals surface area contributed by atoms with E-state index in [2.05, 4.69) is 29.4 Å². The standard InChI is InChI=1S/C23H26FN3O/c1-26-14-20(23(15-26)11-12-23)25-22(28)27-13-10-16-4-2-3-5-19(16)21(27)17-6-8-18(24)9-7-17/h2-9,20-21H,10-15H2,1H3,(H,25,28)/t20-,21+/m1/s1. The maximum atomic E-state index is 13.5. The number of benzene rings is 2. The van der Waals surface area contributed by atoms with Crippen LogP contribution in [0.4, 0.5) is 9.18 Å². The second-order valence-electron chi connectivity index (χ2n) is 8.66. The first-order valence-corrected chi connectivity index (χ1v) is 10.1. The van der Waals surface area contributed by atoms with Crippen molar-refractivity contribution >= 4 is 6.03 Å². The molecule has 2 heterocycles. The number of likely N-dealkylation sites (N-methyl/N-ethyl adjacent to an activating group) is 1. The minimum absolute atomic E-state index is 0.00426. The Bertz CT molecular complexity index is 893.